The molecule has 0 saturated carbocycles. The molecule has 4 heteroatoms. The van der Waals surface area contributed by atoms with Crippen molar-refractivity contribution in [2.45, 2.75) is 51.9 Å². The Morgan fingerprint density at radius 1 is 1.25 bits per heavy atom. The van der Waals surface area contributed by atoms with Gasteiger partial charge in [0.05, 0.1) is 17.3 Å². The first-order chi connectivity index (χ1) is 9.67. The van der Waals surface area contributed by atoms with Gasteiger partial charge in [0.1, 0.15) is 5.82 Å². The molecule has 0 aliphatic rings. The lowest BCUT2D eigenvalue weighted by Crippen LogP contribution is -2.12. The molecule has 0 radical (unpaired) electrons. The van der Waals surface area contributed by atoms with E-state index in [1.807, 2.05) is 6.07 Å². The molecule has 0 heterocycles. The maximum Gasteiger partial charge on any atom is 0.224 e. The first-order valence-electron chi connectivity index (χ1n) is 7.17. The van der Waals surface area contributed by atoms with Crippen molar-refractivity contribution in [2.24, 2.45) is 0 Å². The number of rotatable bonds is 8. The van der Waals surface area contributed by atoms with Crippen molar-refractivity contribution in [1.29, 1.82) is 5.26 Å². The number of anilines is 1. The second-order valence-electron chi connectivity index (χ2n) is 4.87. The van der Waals surface area contributed by atoms with Gasteiger partial charge >= 0.3 is 0 Å². The largest absolute Gasteiger partial charge is 0.324 e. The van der Waals surface area contributed by atoms with E-state index in [1.165, 1.54) is 31.4 Å². The van der Waals surface area contributed by atoms with Crippen LogP contribution in [0.15, 0.2) is 18.2 Å². The summed E-state index contributed by atoms with van der Waals surface area (Å²) in [6.07, 6.45) is 7.07. The van der Waals surface area contributed by atoms with Crippen molar-refractivity contribution >= 4 is 11.6 Å². The summed E-state index contributed by atoms with van der Waals surface area (Å²) in [5, 5.41) is 11.2. The molecule has 0 bridgehead atoms. The molecule has 108 valence electrons. The first kappa shape index (κ1) is 16.2. The molecule has 20 heavy (non-hydrogen) atoms. The van der Waals surface area contributed by atoms with Gasteiger partial charge in [-0.2, -0.15) is 5.26 Å². The van der Waals surface area contributed by atoms with Crippen molar-refractivity contribution in [3.8, 4) is 6.07 Å². The Balaban J connectivity index is 2.30. The highest BCUT2D eigenvalue weighted by Gasteiger charge is 2.07. The standard InChI is InChI=1S/C16H21FN2O/c1-2-3-4-5-6-7-8-16(20)19-15-10-9-13(12-18)11-14(15)17/h9-11H,2-8H2,1H3,(H,19,20). The van der Waals surface area contributed by atoms with Gasteiger partial charge in [-0.1, -0.05) is 39.0 Å². The van der Waals surface area contributed by atoms with Crippen LogP contribution in [0.5, 0.6) is 0 Å². The number of nitrogens with zero attached hydrogens (tertiary/aromatic N) is 1. The SMILES string of the molecule is CCCCCCCCC(=O)Nc1ccc(C#N)cc1F. The molecule has 0 fully saturated rings. The van der Waals surface area contributed by atoms with Crippen molar-refractivity contribution in [3.63, 3.8) is 0 Å². The fourth-order valence-corrected chi connectivity index (χ4v) is 1.96. The van der Waals surface area contributed by atoms with Crippen LogP contribution in [0.2, 0.25) is 0 Å². The van der Waals surface area contributed by atoms with E-state index >= 15 is 0 Å². The zero-order valence-electron chi connectivity index (χ0n) is 11.9. The Labute approximate surface area is 119 Å². The molecular formula is C16H21FN2O. The van der Waals surface area contributed by atoms with E-state index in [-0.39, 0.29) is 17.2 Å². The predicted octanol–water partition coefficient (Wildman–Crippen LogP) is 4.39. The van der Waals surface area contributed by atoms with Crippen LogP contribution in [0, 0.1) is 17.1 Å². The summed E-state index contributed by atoms with van der Waals surface area (Å²) in [4.78, 5) is 11.7. The van der Waals surface area contributed by atoms with Gasteiger partial charge in [0, 0.05) is 6.42 Å². The Morgan fingerprint density at radius 3 is 2.60 bits per heavy atom. The Kier molecular flexibility index (Phi) is 7.34. The summed E-state index contributed by atoms with van der Waals surface area (Å²) >= 11 is 0. The highest BCUT2D eigenvalue weighted by Crippen LogP contribution is 2.16. The van der Waals surface area contributed by atoms with Crippen LogP contribution < -0.4 is 5.32 Å². The molecule has 0 aliphatic heterocycles. The van der Waals surface area contributed by atoms with E-state index in [2.05, 4.69) is 12.2 Å². The van der Waals surface area contributed by atoms with Gasteiger partial charge in [0.2, 0.25) is 5.91 Å². The third-order valence-corrected chi connectivity index (χ3v) is 3.13. The number of carbonyl (C=O) groups is 1. The Morgan fingerprint density at radius 2 is 1.95 bits per heavy atom. The quantitative estimate of drug-likeness (QED) is 0.716. The van der Waals surface area contributed by atoms with Gasteiger partial charge < -0.3 is 5.32 Å². The third-order valence-electron chi connectivity index (χ3n) is 3.13. The molecule has 1 N–H and O–H groups in total. The molecule has 1 amide bonds. The topological polar surface area (TPSA) is 52.9 Å². The summed E-state index contributed by atoms with van der Waals surface area (Å²) in [6, 6.07) is 5.89. The number of benzene rings is 1. The highest BCUT2D eigenvalue weighted by molar-refractivity contribution is 5.90. The number of unbranched alkanes of at least 4 members (excludes halogenated alkanes) is 5. The van der Waals surface area contributed by atoms with E-state index in [9.17, 15) is 9.18 Å². The molecule has 0 spiro atoms. The van der Waals surface area contributed by atoms with Crippen molar-refractivity contribution in [1.82, 2.24) is 0 Å². The maximum absolute atomic E-state index is 13.6. The van der Waals surface area contributed by atoms with Crippen molar-refractivity contribution in [2.75, 3.05) is 5.32 Å². The maximum atomic E-state index is 13.6. The number of nitrogens with one attached hydrogen (secondary N) is 1. The Hall–Kier alpha value is -1.89. The molecule has 0 atom stereocenters. The van der Waals surface area contributed by atoms with E-state index < -0.39 is 5.82 Å². The van der Waals surface area contributed by atoms with Gasteiger partial charge in [0.15, 0.2) is 0 Å². The number of carbonyl (C=O) groups excluding carboxylic acids is 1. The van der Waals surface area contributed by atoms with Crippen LogP contribution in [0.25, 0.3) is 0 Å². The number of amides is 1. The third kappa shape index (κ3) is 5.83. The summed E-state index contributed by atoms with van der Waals surface area (Å²) in [6.45, 7) is 2.17. The summed E-state index contributed by atoms with van der Waals surface area (Å²) in [7, 11) is 0. The first-order valence-corrected chi connectivity index (χ1v) is 7.17. The van der Waals surface area contributed by atoms with Gasteiger partial charge in [-0.25, -0.2) is 4.39 Å². The summed E-state index contributed by atoms with van der Waals surface area (Å²) < 4.78 is 13.6. The molecule has 3 nitrogen and oxygen atoms in total. The second kappa shape index (κ2) is 9.08. The lowest BCUT2D eigenvalue weighted by atomic mass is 10.1. The average Bonchev–Trinajstić information content (AvgIpc) is 2.45. The van der Waals surface area contributed by atoms with Crippen molar-refractivity contribution in [3.05, 3.63) is 29.6 Å². The van der Waals surface area contributed by atoms with Crippen LogP contribution in [-0.2, 0) is 4.79 Å². The summed E-state index contributed by atoms with van der Waals surface area (Å²) in [5.41, 5.74) is 0.386. The zero-order chi connectivity index (χ0) is 14.8. The molecular weight excluding hydrogens is 255 g/mol. The highest BCUT2D eigenvalue weighted by atomic mass is 19.1. The van der Waals surface area contributed by atoms with Gasteiger partial charge in [0.25, 0.3) is 0 Å². The van der Waals surface area contributed by atoms with Crippen LogP contribution >= 0.6 is 0 Å². The van der Waals surface area contributed by atoms with E-state index in [4.69, 9.17) is 5.26 Å². The number of halogens is 1. The fraction of sp³-hybridized carbons (Fsp3) is 0.500. The normalized spacial score (nSPS) is 10.1. The van der Waals surface area contributed by atoms with E-state index in [0.29, 0.717) is 6.42 Å². The lowest BCUT2D eigenvalue weighted by Gasteiger charge is -2.06. The van der Waals surface area contributed by atoms with Crippen molar-refractivity contribution < 1.29 is 9.18 Å². The fourth-order valence-electron chi connectivity index (χ4n) is 1.96. The molecule has 0 aromatic heterocycles. The van der Waals surface area contributed by atoms with Crippen LogP contribution in [0.3, 0.4) is 0 Å². The van der Waals surface area contributed by atoms with Crippen LogP contribution in [0.1, 0.15) is 57.4 Å². The molecule has 1 aromatic carbocycles. The van der Waals surface area contributed by atoms with Gasteiger partial charge in [-0.05, 0) is 24.6 Å². The number of hydrogen-bond donors (Lipinski definition) is 1. The smallest absolute Gasteiger partial charge is 0.224 e. The minimum Gasteiger partial charge on any atom is -0.324 e. The summed E-state index contributed by atoms with van der Waals surface area (Å²) in [5.74, 6) is -0.746. The predicted molar refractivity (Wildman–Crippen MR) is 77.7 cm³/mol. The zero-order valence-corrected chi connectivity index (χ0v) is 11.9. The van der Waals surface area contributed by atoms with Gasteiger partial charge in [-0.15, -0.1) is 0 Å². The molecule has 0 saturated heterocycles. The molecule has 0 aliphatic carbocycles. The number of hydrogen-bond acceptors (Lipinski definition) is 2. The molecule has 1 rings (SSSR count). The van der Waals surface area contributed by atoms with Crippen LogP contribution in [0.4, 0.5) is 10.1 Å². The van der Waals surface area contributed by atoms with Crippen LogP contribution in [-0.4, -0.2) is 5.91 Å². The Bertz CT molecular complexity index is 480. The molecule has 1 aromatic rings. The second-order valence-corrected chi connectivity index (χ2v) is 4.87. The molecule has 0 unspecified atom stereocenters. The van der Waals surface area contributed by atoms with E-state index in [1.54, 1.807) is 0 Å². The monoisotopic (exact) mass is 276 g/mol. The number of nitriles is 1. The lowest BCUT2D eigenvalue weighted by molar-refractivity contribution is -0.116. The van der Waals surface area contributed by atoms with E-state index in [0.717, 1.165) is 25.3 Å². The minimum absolute atomic E-state index is 0.139. The van der Waals surface area contributed by atoms with Gasteiger partial charge in [-0.3, -0.25) is 4.79 Å². The minimum atomic E-state index is -0.569. The average molecular weight is 276 g/mol.